The zero-order valence-electron chi connectivity index (χ0n) is 17.7. The third-order valence-corrected chi connectivity index (χ3v) is 7.49. The lowest BCUT2D eigenvalue weighted by Crippen LogP contribution is -2.30. The molecule has 3 aliphatic rings. The third kappa shape index (κ3) is 6.36. The van der Waals surface area contributed by atoms with Gasteiger partial charge in [-0.3, -0.25) is 4.79 Å². The standard InChI is InChI=1S/C26H40O2/c1-3-5-21-14-18-25(19-15-21)28-26(27)24-16-12-23(13-17-24)11-10-22-8-6-20(4-2)7-9-22/h3-4,10-11,20-25H,1-2,5-9,12-19H2/b11-10+. The highest BCUT2D eigenvalue weighted by molar-refractivity contribution is 5.72. The van der Waals surface area contributed by atoms with E-state index >= 15 is 0 Å². The Morgan fingerprint density at radius 1 is 0.750 bits per heavy atom. The van der Waals surface area contributed by atoms with E-state index in [2.05, 4.69) is 31.4 Å². The SMILES string of the molecule is C=CCC1CCC(OC(=O)C2CCC(/C=C/C3CCC(C=C)CC3)CC2)CC1. The molecule has 3 rings (SSSR count). The lowest BCUT2D eigenvalue weighted by Gasteiger charge is -2.31. The molecule has 0 aliphatic heterocycles. The molecule has 0 amide bonds. The molecule has 0 radical (unpaired) electrons. The molecule has 2 heteroatoms. The van der Waals surface area contributed by atoms with Gasteiger partial charge in [0.25, 0.3) is 0 Å². The Kier molecular flexibility index (Phi) is 8.43. The molecule has 156 valence electrons. The summed E-state index contributed by atoms with van der Waals surface area (Å²) < 4.78 is 5.88. The van der Waals surface area contributed by atoms with Gasteiger partial charge in [0.1, 0.15) is 6.10 Å². The second kappa shape index (κ2) is 11.0. The van der Waals surface area contributed by atoms with Crippen LogP contribution in [0.15, 0.2) is 37.5 Å². The summed E-state index contributed by atoms with van der Waals surface area (Å²) in [6, 6.07) is 0. The maximum atomic E-state index is 12.6. The molecule has 3 aliphatic carbocycles. The molecule has 3 fully saturated rings. The van der Waals surface area contributed by atoms with Crippen molar-refractivity contribution in [3.05, 3.63) is 37.5 Å². The number of ether oxygens (including phenoxy) is 1. The minimum Gasteiger partial charge on any atom is -0.462 e. The highest BCUT2D eigenvalue weighted by atomic mass is 16.5. The monoisotopic (exact) mass is 384 g/mol. The van der Waals surface area contributed by atoms with Crippen LogP contribution in [-0.2, 0) is 9.53 Å². The van der Waals surface area contributed by atoms with E-state index in [1.54, 1.807) is 0 Å². The van der Waals surface area contributed by atoms with Crippen LogP contribution in [0.1, 0.15) is 83.5 Å². The summed E-state index contributed by atoms with van der Waals surface area (Å²) in [7, 11) is 0. The number of hydrogen-bond acceptors (Lipinski definition) is 2. The molecule has 0 unspecified atom stereocenters. The number of rotatable bonds is 7. The Morgan fingerprint density at radius 2 is 1.29 bits per heavy atom. The summed E-state index contributed by atoms with van der Waals surface area (Å²) in [5.41, 5.74) is 0. The lowest BCUT2D eigenvalue weighted by molar-refractivity contribution is -0.157. The number of carbonyl (C=O) groups excluding carboxylic acids is 1. The van der Waals surface area contributed by atoms with E-state index < -0.39 is 0 Å². The van der Waals surface area contributed by atoms with E-state index in [0.29, 0.717) is 5.92 Å². The zero-order chi connectivity index (χ0) is 19.8. The predicted octanol–water partition coefficient (Wildman–Crippen LogP) is 7.02. The van der Waals surface area contributed by atoms with Crippen molar-refractivity contribution >= 4 is 5.97 Å². The highest BCUT2D eigenvalue weighted by Gasteiger charge is 2.30. The molecule has 2 nitrogen and oxygen atoms in total. The number of hydrogen-bond donors (Lipinski definition) is 0. The van der Waals surface area contributed by atoms with Crippen molar-refractivity contribution in [2.45, 2.75) is 89.6 Å². The Bertz CT molecular complexity index is 525. The van der Waals surface area contributed by atoms with Crippen molar-refractivity contribution in [2.75, 3.05) is 0 Å². The van der Waals surface area contributed by atoms with E-state index in [9.17, 15) is 4.79 Å². The Balaban J connectivity index is 1.33. The van der Waals surface area contributed by atoms with Crippen molar-refractivity contribution < 1.29 is 9.53 Å². The number of esters is 1. The average molecular weight is 385 g/mol. The molecule has 28 heavy (non-hydrogen) atoms. The van der Waals surface area contributed by atoms with Gasteiger partial charge in [-0.15, -0.1) is 13.2 Å². The molecule has 0 aromatic heterocycles. The highest BCUT2D eigenvalue weighted by Crippen LogP contribution is 2.35. The van der Waals surface area contributed by atoms with Gasteiger partial charge in [-0.25, -0.2) is 0 Å². The molecule has 0 spiro atoms. The smallest absolute Gasteiger partial charge is 0.309 e. The number of carbonyl (C=O) groups is 1. The van der Waals surface area contributed by atoms with E-state index in [-0.39, 0.29) is 18.0 Å². The molecule has 0 aromatic rings. The first-order chi connectivity index (χ1) is 13.7. The van der Waals surface area contributed by atoms with Gasteiger partial charge in [0.15, 0.2) is 0 Å². The van der Waals surface area contributed by atoms with Crippen LogP contribution in [0.3, 0.4) is 0 Å². The van der Waals surface area contributed by atoms with Gasteiger partial charge in [0.05, 0.1) is 5.92 Å². The molecule has 0 saturated heterocycles. The van der Waals surface area contributed by atoms with Crippen molar-refractivity contribution in [1.82, 2.24) is 0 Å². The van der Waals surface area contributed by atoms with Crippen LogP contribution in [0.5, 0.6) is 0 Å². The van der Waals surface area contributed by atoms with Crippen LogP contribution in [0, 0.1) is 29.6 Å². The van der Waals surface area contributed by atoms with Gasteiger partial charge in [0.2, 0.25) is 0 Å². The first-order valence-corrected chi connectivity index (χ1v) is 11.8. The second-order valence-corrected chi connectivity index (χ2v) is 9.51. The van der Waals surface area contributed by atoms with Gasteiger partial charge in [-0.2, -0.15) is 0 Å². The second-order valence-electron chi connectivity index (χ2n) is 9.51. The van der Waals surface area contributed by atoms with Gasteiger partial charge < -0.3 is 4.74 Å². The summed E-state index contributed by atoms with van der Waals surface area (Å²) in [6.07, 6.45) is 24.3. The van der Waals surface area contributed by atoms with Gasteiger partial charge >= 0.3 is 5.97 Å². The minimum atomic E-state index is 0.0809. The fourth-order valence-corrected chi connectivity index (χ4v) is 5.42. The predicted molar refractivity (Wildman–Crippen MR) is 117 cm³/mol. The molecule has 0 aromatic carbocycles. The maximum Gasteiger partial charge on any atom is 0.309 e. The zero-order valence-corrected chi connectivity index (χ0v) is 17.7. The average Bonchev–Trinajstić information content (AvgIpc) is 2.74. The first-order valence-electron chi connectivity index (χ1n) is 11.8. The van der Waals surface area contributed by atoms with Crippen LogP contribution < -0.4 is 0 Å². The summed E-state index contributed by atoms with van der Waals surface area (Å²) in [5, 5.41) is 0. The summed E-state index contributed by atoms with van der Waals surface area (Å²) in [6.45, 7) is 7.78. The fourth-order valence-electron chi connectivity index (χ4n) is 5.42. The summed E-state index contributed by atoms with van der Waals surface area (Å²) in [5.74, 6) is 3.13. The van der Waals surface area contributed by atoms with Crippen molar-refractivity contribution in [3.63, 3.8) is 0 Å². The van der Waals surface area contributed by atoms with E-state index in [0.717, 1.165) is 62.7 Å². The minimum absolute atomic E-state index is 0.0809. The fraction of sp³-hybridized carbons (Fsp3) is 0.731. The van der Waals surface area contributed by atoms with Crippen LogP contribution in [-0.4, -0.2) is 12.1 Å². The summed E-state index contributed by atoms with van der Waals surface area (Å²) >= 11 is 0. The topological polar surface area (TPSA) is 26.3 Å². The van der Waals surface area contributed by atoms with E-state index in [4.69, 9.17) is 4.74 Å². The van der Waals surface area contributed by atoms with E-state index in [1.807, 2.05) is 6.08 Å². The van der Waals surface area contributed by atoms with Gasteiger partial charge in [-0.05, 0) is 107 Å². The molecular formula is C26H40O2. The van der Waals surface area contributed by atoms with Crippen LogP contribution >= 0.6 is 0 Å². The molecular weight excluding hydrogens is 344 g/mol. The normalized spacial score (nSPS) is 36.7. The van der Waals surface area contributed by atoms with Crippen molar-refractivity contribution in [2.24, 2.45) is 29.6 Å². The van der Waals surface area contributed by atoms with E-state index in [1.165, 1.54) is 38.5 Å². The van der Waals surface area contributed by atoms with Crippen molar-refractivity contribution in [1.29, 1.82) is 0 Å². The maximum absolute atomic E-state index is 12.6. The third-order valence-electron chi connectivity index (χ3n) is 7.49. The Hall–Kier alpha value is -1.31. The molecule has 0 N–H and O–H groups in total. The van der Waals surface area contributed by atoms with Crippen LogP contribution in [0.25, 0.3) is 0 Å². The molecule has 0 bridgehead atoms. The quantitative estimate of drug-likeness (QED) is 0.348. The molecule has 0 heterocycles. The van der Waals surface area contributed by atoms with Crippen molar-refractivity contribution in [3.8, 4) is 0 Å². The van der Waals surface area contributed by atoms with Crippen LogP contribution in [0.2, 0.25) is 0 Å². The van der Waals surface area contributed by atoms with Gasteiger partial charge in [-0.1, -0.05) is 24.3 Å². The Labute approximate surface area is 172 Å². The molecule has 0 atom stereocenters. The molecule has 3 saturated carbocycles. The first kappa shape index (κ1) is 21.4. The van der Waals surface area contributed by atoms with Gasteiger partial charge in [0, 0.05) is 0 Å². The largest absolute Gasteiger partial charge is 0.462 e. The van der Waals surface area contributed by atoms with Crippen LogP contribution in [0.4, 0.5) is 0 Å². The number of allylic oxidation sites excluding steroid dienone is 4. The Morgan fingerprint density at radius 3 is 1.82 bits per heavy atom. The summed E-state index contributed by atoms with van der Waals surface area (Å²) in [4.78, 5) is 12.6. The lowest BCUT2D eigenvalue weighted by atomic mass is 9.79.